The third kappa shape index (κ3) is 3.61. The van der Waals surface area contributed by atoms with Crippen molar-refractivity contribution in [3.8, 4) is 5.75 Å². The van der Waals surface area contributed by atoms with Crippen molar-refractivity contribution in [3.63, 3.8) is 0 Å². The Kier molecular flexibility index (Phi) is 4.59. The molecule has 0 atom stereocenters. The highest BCUT2D eigenvalue weighted by molar-refractivity contribution is 6.30. The average Bonchev–Trinajstić information content (AvgIpc) is 2.45. The van der Waals surface area contributed by atoms with Gasteiger partial charge in [-0.05, 0) is 24.3 Å². The van der Waals surface area contributed by atoms with Gasteiger partial charge in [-0.1, -0.05) is 11.6 Å². The number of anilines is 1. The number of methoxy groups -OCH3 is 1. The molecule has 0 bridgehead atoms. The highest BCUT2D eigenvalue weighted by atomic mass is 35.5. The van der Waals surface area contributed by atoms with Crippen molar-refractivity contribution in [2.75, 3.05) is 12.4 Å². The number of rotatable bonds is 5. The van der Waals surface area contributed by atoms with Crippen LogP contribution in [0.4, 0.5) is 15.8 Å². The van der Waals surface area contributed by atoms with Crippen LogP contribution in [0.3, 0.4) is 0 Å². The topological polar surface area (TPSA) is 64.4 Å². The Labute approximate surface area is 125 Å². The number of hydrogen-bond donors (Lipinski definition) is 1. The molecule has 0 unspecified atom stereocenters. The minimum absolute atomic E-state index is 0.0991. The molecule has 0 saturated heterocycles. The van der Waals surface area contributed by atoms with Crippen molar-refractivity contribution in [2.24, 2.45) is 0 Å². The van der Waals surface area contributed by atoms with E-state index in [2.05, 4.69) is 5.32 Å². The molecule has 0 aliphatic heterocycles. The van der Waals surface area contributed by atoms with Crippen molar-refractivity contribution in [1.29, 1.82) is 0 Å². The highest BCUT2D eigenvalue weighted by Crippen LogP contribution is 2.28. The van der Waals surface area contributed by atoms with Gasteiger partial charge < -0.3 is 10.1 Å². The molecular weight excluding hydrogens is 299 g/mol. The molecule has 0 aromatic heterocycles. The van der Waals surface area contributed by atoms with E-state index in [1.54, 1.807) is 18.2 Å². The van der Waals surface area contributed by atoms with E-state index in [0.29, 0.717) is 16.3 Å². The summed E-state index contributed by atoms with van der Waals surface area (Å²) in [4.78, 5) is 10.3. The molecule has 21 heavy (non-hydrogen) atoms. The number of nitrogens with zero attached hydrogens (tertiary/aromatic N) is 1. The van der Waals surface area contributed by atoms with Gasteiger partial charge in [-0.3, -0.25) is 10.1 Å². The Morgan fingerprint density at radius 1 is 1.33 bits per heavy atom. The Bertz CT molecular complexity index is 679. The summed E-state index contributed by atoms with van der Waals surface area (Å²) in [6, 6.07) is 8.29. The first-order valence-electron chi connectivity index (χ1n) is 6.01. The fraction of sp³-hybridized carbons (Fsp3) is 0.143. The first-order chi connectivity index (χ1) is 10.0. The molecule has 0 aliphatic carbocycles. The van der Waals surface area contributed by atoms with Crippen molar-refractivity contribution in [1.82, 2.24) is 0 Å². The lowest BCUT2D eigenvalue weighted by Crippen LogP contribution is -2.04. The highest BCUT2D eigenvalue weighted by Gasteiger charge is 2.14. The second kappa shape index (κ2) is 6.41. The lowest BCUT2D eigenvalue weighted by Gasteiger charge is -2.11. The van der Waals surface area contributed by atoms with Crippen LogP contribution in [0.2, 0.25) is 5.02 Å². The van der Waals surface area contributed by atoms with Crippen LogP contribution in [0.5, 0.6) is 5.75 Å². The number of benzene rings is 2. The molecule has 1 N–H and O–H groups in total. The number of halogens is 2. The fourth-order valence-electron chi connectivity index (χ4n) is 1.88. The van der Waals surface area contributed by atoms with Gasteiger partial charge in [0, 0.05) is 29.3 Å². The zero-order chi connectivity index (χ0) is 15.4. The molecule has 2 aromatic carbocycles. The molecule has 7 heteroatoms. The van der Waals surface area contributed by atoms with Gasteiger partial charge in [0.1, 0.15) is 17.3 Å². The van der Waals surface area contributed by atoms with Gasteiger partial charge in [0.05, 0.1) is 12.0 Å². The lowest BCUT2D eigenvalue weighted by atomic mass is 10.2. The molecule has 0 spiro atoms. The molecule has 0 radical (unpaired) electrons. The molecule has 5 nitrogen and oxygen atoms in total. The van der Waals surface area contributed by atoms with Crippen LogP contribution >= 0.6 is 11.6 Å². The maximum absolute atomic E-state index is 13.2. The molecule has 0 heterocycles. The molecule has 0 saturated carbocycles. The van der Waals surface area contributed by atoms with Gasteiger partial charge in [-0.25, -0.2) is 4.39 Å². The zero-order valence-corrected chi connectivity index (χ0v) is 11.9. The smallest absolute Gasteiger partial charge is 0.292 e. The van der Waals surface area contributed by atoms with E-state index >= 15 is 0 Å². The number of ether oxygens (including phenoxy) is 1. The van der Waals surface area contributed by atoms with Crippen molar-refractivity contribution < 1.29 is 14.1 Å². The van der Waals surface area contributed by atoms with E-state index in [4.69, 9.17) is 16.3 Å². The molecule has 0 fully saturated rings. The SMILES string of the molecule is COc1ccc(Cl)cc1CNc1cc(F)ccc1[N+](=O)[O-]. The van der Waals surface area contributed by atoms with E-state index in [0.717, 1.165) is 18.2 Å². The van der Waals surface area contributed by atoms with E-state index < -0.39 is 10.7 Å². The van der Waals surface area contributed by atoms with Gasteiger partial charge in [0.2, 0.25) is 0 Å². The molecule has 110 valence electrons. The Morgan fingerprint density at radius 3 is 2.76 bits per heavy atom. The zero-order valence-electron chi connectivity index (χ0n) is 11.1. The Hall–Kier alpha value is -2.34. The predicted octanol–water partition coefficient (Wildman–Crippen LogP) is 4.01. The average molecular weight is 311 g/mol. The van der Waals surface area contributed by atoms with Gasteiger partial charge in [-0.15, -0.1) is 0 Å². The van der Waals surface area contributed by atoms with E-state index in [9.17, 15) is 14.5 Å². The molecule has 2 aromatic rings. The summed E-state index contributed by atoms with van der Waals surface area (Å²) < 4.78 is 18.4. The first kappa shape index (κ1) is 15.1. The van der Waals surface area contributed by atoms with Crippen LogP contribution in [0.1, 0.15) is 5.56 Å². The van der Waals surface area contributed by atoms with Gasteiger partial charge >= 0.3 is 0 Å². The summed E-state index contributed by atoms with van der Waals surface area (Å²) in [5, 5.41) is 14.3. The Balaban J connectivity index is 2.26. The standard InChI is InChI=1S/C14H12ClFN2O3/c1-21-14-5-2-10(15)6-9(14)8-17-12-7-11(16)3-4-13(12)18(19)20/h2-7,17H,8H2,1H3. The number of nitro benzene ring substituents is 1. The van der Waals surface area contributed by atoms with Crippen molar-refractivity contribution in [3.05, 3.63) is 62.9 Å². The number of hydrogen-bond acceptors (Lipinski definition) is 4. The monoisotopic (exact) mass is 310 g/mol. The first-order valence-corrected chi connectivity index (χ1v) is 6.39. The number of nitrogens with one attached hydrogen (secondary N) is 1. The summed E-state index contributed by atoms with van der Waals surface area (Å²) in [7, 11) is 1.51. The van der Waals surface area contributed by atoms with E-state index in [1.165, 1.54) is 7.11 Å². The number of nitro groups is 1. The van der Waals surface area contributed by atoms with Crippen LogP contribution in [0.15, 0.2) is 36.4 Å². The van der Waals surface area contributed by atoms with Crippen molar-refractivity contribution in [2.45, 2.75) is 6.54 Å². The van der Waals surface area contributed by atoms with Crippen LogP contribution in [-0.4, -0.2) is 12.0 Å². The normalized spacial score (nSPS) is 10.2. The summed E-state index contributed by atoms with van der Waals surface area (Å²) in [6.45, 7) is 0.216. The van der Waals surface area contributed by atoms with Crippen LogP contribution in [0, 0.1) is 15.9 Å². The Morgan fingerprint density at radius 2 is 2.10 bits per heavy atom. The summed E-state index contributed by atoms with van der Waals surface area (Å²) >= 11 is 5.91. The molecule has 0 aliphatic rings. The van der Waals surface area contributed by atoms with Crippen LogP contribution in [0.25, 0.3) is 0 Å². The van der Waals surface area contributed by atoms with Gasteiger partial charge in [-0.2, -0.15) is 0 Å². The maximum Gasteiger partial charge on any atom is 0.292 e. The van der Waals surface area contributed by atoms with Crippen LogP contribution < -0.4 is 10.1 Å². The predicted molar refractivity (Wildman–Crippen MR) is 78.4 cm³/mol. The van der Waals surface area contributed by atoms with Gasteiger partial charge in [0.25, 0.3) is 5.69 Å². The minimum atomic E-state index is -0.572. The van der Waals surface area contributed by atoms with E-state index in [1.807, 2.05) is 0 Å². The summed E-state index contributed by atoms with van der Waals surface area (Å²) in [5.74, 6) is 0.0344. The quantitative estimate of drug-likeness (QED) is 0.669. The fourth-order valence-corrected chi connectivity index (χ4v) is 2.08. The summed E-state index contributed by atoms with van der Waals surface area (Å²) in [6.07, 6.45) is 0. The third-order valence-electron chi connectivity index (χ3n) is 2.87. The van der Waals surface area contributed by atoms with Crippen molar-refractivity contribution >= 4 is 23.0 Å². The lowest BCUT2D eigenvalue weighted by molar-refractivity contribution is -0.384. The molecule has 0 amide bonds. The minimum Gasteiger partial charge on any atom is -0.496 e. The third-order valence-corrected chi connectivity index (χ3v) is 3.10. The van der Waals surface area contributed by atoms with Crippen LogP contribution in [-0.2, 0) is 6.54 Å². The second-order valence-electron chi connectivity index (χ2n) is 4.23. The maximum atomic E-state index is 13.2. The molecular formula is C14H12ClFN2O3. The largest absolute Gasteiger partial charge is 0.496 e. The summed E-state index contributed by atoms with van der Waals surface area (Å²) in [5.41, 5.74) is 0.614. The van der Waals surface area contributed by atoms with E-state index in [-0.39, 0.29) is 17.9 Å². The van der Waals surface area contributed by atoms with Gasteiger partial charge in [0.15, 0.2) is 0 Å². The second-order valence-corrected chi connectivity index (χ2v) is 4.66. The molecule has 2 rings (SSSR count).